The van der Waals surface area contributed by atoms with Crippen molar-refractivity contribution >= 4 is 127 Å². The predicted molar refractivity (Wildman–Crippen MR) is 417 cm³/mol. The number of hydrogen-bond donors (Lipinski definition) is 5. The van der Waals surface area contributed by atoms with Crippen molar-refractivity contribution in [3.05, 3.63) is 288 Å². The molecular weight excluding hydrogens is 1600 g/mol. The molecule has 2 aromatic heterocycles. The third kappa shape index (κ3) is 22.5. The number of benzene rings is 8. The number of hydrazone groups is 1. The van der Waals surface area contributed by atoms with Crippen molar-refractivity contribution in [1.29, 1.82) is 0 Å². The number of non-ortho nitro benzene ring substituents is 1. The third-order valence-corrected chi connectivity index (χ3v) is 20.2. The molecule has 0 saturated heterocycles. The van der Waals surface area contributed by atoms with Crippen molar-refractivity contribution in [3.8, 4) is 45.7 Å². The monoisotopic (exact) mass is 1660 g/mol. The maximum absolute atomic E-state index is 12.9. The number of alkyl halides is 3. The van der Waals surface area contributed by atoms with E-state index < -0.39 is 68.7 Å². The van der Waals surface area contributed by atoms with Gasteiger partial charge in [-0.2, -0.15) is 23.4 Å². The number of halogens is 7. The second-order valence-electron chi connectivity index (χ2n) is 24.2. The number of ketones is 2. The summed E-state index contributed by atoms with van der Waals surface area (Å²) in [5.74, 6) is 0.225. The Bertz CT molecular complexity index is 5760. The average Bonchev–Trinajstić information content (AvgIpc) is 1.28. The molecule has 0 fully saturated rings. The van der Waals surface area contributed by atoms with Crippen LogP contribution in [0.4, 0.5) is 30.2 Å². The van der Waals surface area contributed by atoms with Gasteiger partial charge in [-0.25, -0.2) is 48.2 Å². The number of rotatable bonds is 17. The van der Waals surface area contributed by atoms with Crippen LogP contribution in [0.15, 0.2) is 233 Å². The molecule has 1 atom stereocenters. The molecule has 5 heterocycles. The van der Waals surface area contributed by atoms with Gasteiger partial charge in [0.25, 0.3) is 5.69 Å². The first-order valence-corrected chi connectivity index (χ1v) is 40.3. The number of para-hydroxylation sites is 2. The zero-order valence-corrected chi connectivity index (χ0v) is 64.8. The number of nitrogens with zero attached hydrogens (tertiary/aromatic N) is 5. The van der Waals surface area contributed by atoms with Crippen LogP contribution in [-0.2, 0) is 64.9 Å². The van der Waals surface area contributed by atoms with E-state index >= 15 is 0 Å². The molecule has 0 aliphatic carbocycles. The zero-order valence-electron chi connectivity index (χ0n) is 58.5. The number of sulfonamides is 4. The van der Waals surface area contributed by atoms with Crippen molar-refractivity contribution < 1.29 is 75.6 Å². The van der Waals surface area contributed by atoms with E-state index in [9.17, 15) is 66.5 Å². The maximum atomic E-state index is 12.9. The number of carbonyl (C=O) groups is 2. The SMILES string of the molecule is C=C1C=CC(Cc2cc(C)c(C(=O)c3ccc(Cl)cc3)n2C)=NN1.CC(=O)C1=Cc2cc(Cl)cc(Cl)c2O[C@@H]1C(F)(F)F.CS(=O)(=O)Nc1cc2c(cc1Oc1ccccc1)S(=O)(=O)NC2.CS(=O)(=O)Nc1ccc([N+](=O)[O-])cc1Oc1ccccc1.Cc1cc(-c2ccc(Cl)cc2)n(-c2ccc(S(N)(=O)=O)cc2)n1. The number of nitrogens with two attached hydrogens (primary N) is 1. The molecular formula is C74H65Cl4F3N10O15S4. The van der Waals surface area contributed by atoms with Crippen molar-refractivity contribution in [1.82, 2.24) is 24.5 Å². The van der Waals surface area contributed by atoms with Gasteiger partial charge >= 0.3 is 6.18 Å². The number of aryl methyl sites for hydroxylation is 2. The van der Waals surface area contributed by atoms with Crippen LogP contribution in [0, 0.1) is 24.0 Å². The summed E-state index contributed by atoms with van der Waals surface area (Å²) in [6.45, 7) is 8.80. The fourth-order valence-electron chi connectivity index (χ4n) is 10.7. The maximum Gasteiger partial charge on any atom is 0.429 e. The van der Waals surface area contributed by atoms with Crippen LogP contribution in [0.5, 0.6) is 28.7 Å². The minimum atomic E-state index is -4.70. The smallest absolute Gasteiger partial charge is 0.429 e. The number of hydrogen-bond acceptors (Lipinski definition) is 18. The molecule has 0 bridgehead atoms. The molecule has 0 radical (unpaired) electrons. The molecule has 36 heteroatoms. The number of Topliss-reactive ketones (excluding diaryl/α,β-unsaturated/α-hetero) is 1. The summed E-state index contributed by atoms with van der Waals surface area (Å²) in [6.07, 6.45) is 0.565. The van der Waals surface area contributed by atoms with E-state index in [2.05, 4.69) is 36.4 Å². The van der Waals surface area contributed by atoms with Gasteiger partial charge in [-0.15, -0.1) is 0 Å². The largest absolute Gasteiger partial charge is 0.474 e. The van der Waals surface area contributed by atoms with E-state index in [0.29, 0.717) is 44.8 Å². The van der Waals surface area contributed by atoms with Gasteiger partial charge in [0, 0.05) is 80.9 Å². The highest BCUT2D eigenvalue weighted by Gasteiger charge is 2.48. The summed E-state index contributed by atoms with van der Waals surface area (Å²) < 4.78 is 158. The van der Waals surface area contributed by atoms with Gasteiger partial charge in [-0.1, -0.05) is 102 Å². The average molecular weight is 1660 g/mol. The summed E-state index contributed by atoms with van der Waals surface area (Å²) in [7, 11) is -12.5. The lowest BCUT2D eigenvalue weighted by atomic mass is 9.98. The van der Waals surface area contributed by atoms with E-state index in [0.717, 1.165) is 70.8 Å². The number of aromatic nitrogens is 3. The number of anilines is 2. The van der Waals surface area contributed by atoms with E-state index in [1.165, 1.54) is 54.6 Å². The minimum absolute atomic E-state index is 0.00876. The summed E-state index contributed by atoms with van der Waals surface area (Å²) in [5.41, 5.74) is 11.7. The number of nitrogens with one attached hydrogen (secondary N) is 4. The molecule has 0 unspecified atom stereocenters. The van der Waals surface area contributed by atoms with Crippen LogP contribution in [0.1, 0.15) is 51.1 Å². The second kappa shape index (κ2) is 34.9. The molecule has 8 aromatic carbocycles. The number of nitro benzene ring substituents is 1. The number of nitro groups is 1. The van der Waals surface area contributed by atoms with Gasteiger partial charge in [0.05, 0.1) is 78.2 Å². The molecule has 0 amide bonds. The Kier molecular flexibility index (Phi) is 26.5. The fraction of sp³-hybridized carbons (Fsp3) is 0.135. The Morgan fingerprint density at radius 2 is 1.32 bits per heavy atom. The van der Waals surface area contributed by atoms with Gasteiger partial charge in [-0.3, -0.25) is 34.6 Å². The summed E-state index contributed by atoms with van der Waals surface area (Å²) in [5, 5.41) is 26.2. The highest BCUT2D eigenvalue weighted by Crippen LogP contribution is 2.43. The topological polar surface area (TPSA) is 351 Å². The lowest BCUT2D eigenvalue weighted by Crippen LogP contribution is -2.39. The first-order valence-electron chi connectivity index (χ1n) is 32.0. The normalized spacial score (nSPS) is 14.0. The van der Waals surface area contributed by atoms with Gasteiger partial charge in [0.15, 0.2) is 17.3 Å². The molecule has 25 nitrogen and oxygen atoms in total. The molecule has 110 heavy (non-hydrogen) atoms. The highest BCUT2D eigenvalue weighted by molar-refractivity contribution is 7.92. The summed E-state index contributed by atoms with van der Waals surface area (Å²) in [6, 6.07) is 51.0. The van der Waals surface area contributed by atoms with E-state index in [4.69, 9.17) is 65.8 Å². The fourth-order valence-corrected chi connectivity index (χ4v) is 14.3. The molecule has 6 N–H and O–H groups in total. The van der Waals surface area contributed by atoms with Crippen LogP contribution in [0.2, 0.25) is 20.1 Å². The molecule has 10 aromatic rings. The Hall–Kier alpha value is -10.7. The van der Waals surface area contributed by atoms with Gasteiger partial charge in [-0.05, 0) is 171 Å². The summed E-state index contributed by atoms with van der Waals surface area (Å²) >= 11 is 23.4. The number of carbonyl (C=O) groups excluding carboxylic acids is 2. The summed E-state index contributed by atoms with van der Waals surface area (Å²) in [4.78, 5) is 34.5. The number of fused-ring (bicyclic) bond motifs is 2. The van der Waals surface area contributed by atoms with Gasteiger partial charge in [0.2, 0.25) is 52.0 Å². The number of ether oxygens (including phenoxy) is 3. The Balaban J connectivity index is 0.000000159. The zero-order chi connectivity index (χ0) is 80.4. The van der Waals surface area contributed by atoms with E-state index in [-0.39, 0.29) is 72.0 Å². The van der Waals surface area contributed by atoms with Crippen LogP contribution in [0.3, 0.4) is 0 Å². The first kappa shape index (κ1) is 83.4. The molecule has 3 aliphatic rings. The first-order chi connectivity index (χ1) is 51.6. The van der Waals surface area contributed by atoms with Gasteiger partial charge < -0.3 is 18.8 Å². The molecule has 13 rings (SSSR count). The second-order valence-corrected chi connectivity index (χ2v) is 32.7. The Morgan fingerprint density at radius 3 is 1.85 bits per heavy atom. The lowest BCUT2D eigenvalue weighted by molar-refractivity contribution is -0.384. The number of primary sulfonamides is 1. The van der Waals surface area contributed by atoms with Crippen LogP contribution >= 0.6 is 46.4 Å². The van der Waals surface area contributed by atoms with E-state index in [1.54, 1.807) is 102 Å². The molecule has 574 valence electrons. The van der Waals surface area contributed by atoms with Crippen molar-refractivity contribution in [2.75, 3.05) is 22.0 Å². The molecule has 3 aliphatic heterocycles. The van der Waals surface area contributed by atoms with Crippen LogP contribution in [-0.4, -0.2) is 95.0 Å². The molecule has 0 spiro atoms. The standard InChI is InChI=1S/C19H18ClN3O.C16H14ClN3O2S.C14H14N2O5S2.C13H12N2O5S.C12H7Cl2F3O2/c1-12-10-17(11-16-9-4-13(2)21-22-16)23(3)18(12)19(24)14-5-7-15(20)8-6-14;1-11-10-16(12-2-4-13(17)5-3-12)20(19-11)14-6-8-15(9-7-14)23(18,21)22;1-22(17,18)16-12-7-10-9-15-23(19,20)14(10)8-13(12)21-11-5-3-2-4-6-11;1-21(18,19)14-12-8-7-10(15(16)17)9-13(12)20-11-5-3-2-4-6-11;1-5(18)8-3-6-2-7(13)4-9(14)10(6)19-11(8)12(15,16)17/h4-10,21H,2,11H2,1,3H3;2-10H,1H3,(H2,18,21,22);2-8,15-16H,9H2,1H3;2-9,14H,1H3;2-4,11H,1H3/t;;;;11-/m....0/s1. The number of allylic oxidation sites excluding steroid dienone is 2. The predicted octanol–water partition coefficient (Wildman–Crippen LogP) is 15.6. The van der Waals surface area contributed by atoms with E-state index in [1.807, 2.05) is 74.0 Å². The van der Waals surface area contributed by atoms with Crippen LogP contribution in [0.25, 0.3) is 23.0 Å². The quantitative estimate of drug-likeness (QED) is 0.0321. The highest BCUT2D eigenvalue weighted by atomic mass is 35.5. The van der Waals surface area contributed by atoms with Crippen molar-refractivity contribution in [2.45, 2.75) is 55.8 Å². The van der Waals surface area contributed by atoms with Crippen molar-refractivity contribution in [3.63, 3.8) is 0 Å². The Labute approximate surface area is 650 Å². The lowest BCUT2D eigenvalue weighted by Gasteiger charge is -2.28. The third-order valence-electron chi connectivity index (χ3n) is 15.6. The minimum Gasteiger partial charge on any atom is -0.474 e. The molecule has 0 saturated carbocycles. The Morgan fingerprint density at radius 1 is 0.745 bits per heavy atom. The van der Waals surface area contributed by atoms with Crippen LogP contribution < -0.4 is 38.9 Å². The van der Waals surface area contributed by atoms with Gasteiger partial charge in [0.1, 0.15) is 17.2 Å². The van der Waals surface area contributed by atoms with Crippen molar-refractivity contribution in [2.24, 2.45) is 17.3 Å².